The monoisotopic (exact) mass is 305 g/mol. The molecule has 0 saturated carbocycles. The molecular formula is C18H19N5. The molecule has 0 unspecified atom stereocenters. The first-order chi connectivity index (χ1) is 11.2. The van der Waals surface area contributed by atoms with Crippen molar-refractivity contribution in [1.82, 2.24) is 15.0 Å². The van der Waals surface area contributed by atoms with Crippen LogP contribution in [-0.4, -0.2) is 15.0 Å². The van der Waals surface area contributed by atoms with Gasteiger partial charge in [0.15, 0.2) is 0 Å². The Balaban J connectivity index is 1.69. The van der Waals surface area contributed by atoms with E-state index in [0.717, 1.165) is 17.1 Å². The first-order valence-corrected chi connectivity index (χ1v) is 7.51. The molecule has 3 aromatic rings. The Morgan fingerprint density at radius 1 is 0.957 bits per heavy atom. The Morgan fingerprint density at radius 2 is 1.78 bits per heavy atom. The quantitative estimate of drug-likeness (QED) is 0.750. The number of rotatable bonds is 5. The van der Waals surface area contributed by atoms with Crippen molar-refractivity contribution in [1.29, 1.82) is 0 Å². The SMILES string of the molecule is Cc1ccc(Nc2nccc(NCc3ccncc3)n2)c(C)c1. The molecule has 0 atom stereocenters. The van der Waals surface area contributed by atoms with Crippen LogP contribution in [-0.2, 0) is 6.54 Å². The molecular weight excluding hydrogens is 286 g/mol. The van der Waals surface area contributed by atoms with Crippen LogP contribution in [0, 0.1) is 13.8 Å². The van der Waals surface area contributed by atoms with E-state index in [4.69, 9.17) is 0 Å². The number of anilines is 3. The fraction of sp³-hybridized carbons (Fsp3) is 0.167. The third-order valence-electron chi connectivity index (χ3n) is 3.51. The second kappa shape index (κ2) is 6.87. The fourth-order valence-corrected chi connectivity index (χ4v) is 2.28. The van der Waals surface area contributed by atoms with Crippen molar-refractivity contribution in [3.8, 4) is 0 Å². The standard InChI is InChI=1S/C18H19N5/c1-13-3-4-16(14(2)11-13)22-18-20-10-7-17(23-18)21-12-15-5-8-19-9-6-15/h3-11H,12H2,1-2H3,(H2,20,21,22,23). The van der Waals surface area contributed by atoms with Gasteiger partial charge < -0.3 is 10.6 Å². The van der Waals surface area contributed by atoms with E-state index in [1.807, 2.05) is 24.3 Å². The van der Waals surface area contributed by atoms with Crippen molar-refractivity contribution in [3.05, 3.63) is 71.7 Å². The highest BCUT2D eigenvalue weighted by Gasteiger charge is 2.03. The molecule has 116 valence electrons. The second-order valence-electron chi connectivity index (χ2n) is 5.42. The molecule has 2 aromatic heterocycles. The van der Waals surface area contributed by atoms with E-state index in [1.54, 1.807) is 18.6 Å². The van der Waals surface area contributed by atoms with Crippen molar-refractivity contribution in [2.75, 3.05) is 10.6 Å². The zero-order valence-corrected chi connectivity index (χ0v) is 13.2. The van der Waals surface area contributed by atoms with E-state index in [0.29, 0.717) is 12.5 Å². The van der Waals surface area contributed by atoms with Crippen LogP contribution in [0.4, 0.5) is 17.5 Å². The van der Waals surface area contributed by atoms with Crippen LogP contribution in [0.5, 0.6) is 0 Å². The molecule has 5 nitrogen and oxygen atoms in total. The van der Waals surface area contributed by atoms with Gasteiger partial charge in [0.1, 0.15) is 5.82 Å². The molecule has 2 heterocycles. The highest BCUT2D eigenvalue weighted by atomic mass is 15.1. The lowest BCUT2D eigenvalue weighted by molar-refractivity contribution is 1.07. The number of nitrogens with zero attached hydrogens (tertiary/aromatic N) is 3. The van der Waals surface area contributed by atoms with Crippen molar-refractivity contribution in [2.24, 2.45) is 0 Å². The van der Waals surface area contributed by atoms with Gasteiger partial charge in [-0.25, -0.2) is 4.98 Å². The minimum atomic E-state index is 0.580. The van der Waals surface area contributed by atoms with E-state index in [2.05, 4.69) is 51.6 Å². The van der Waals surface area contributed by atoms with Crippen molar-refractivity contribution in [3.63, 3.8) is 0 Å². The second-order valence-corrected chi connectivity index (χ2v) is 5.42. The maximum atomic E-state index is 4.50. The molecule has 3 rings (SSSR count). The van der Waals surface area contributed by atoms with Gasteiger partial charge >= 0.3 is 0 Å². The molecule has 2 N–H and O–H groups in total. The van der Waals surface area contributed by atoms with Crippen LogP contribution in [0.1, 0.15) is 16.7 Å². The number of aryl methyl sites for hydroxylation is 2. The van der Waals surface area contributed by atoms with Gasteiger partial charge in [-0.3, -0.25) is 4.98 Å². The number of benzene rings is 1. The molecule has 0 saturated heterocycles. The van der Waals surface area contributed by atoms with Crippen LogP contribution in [0.15, 0.2) is 55.0 Å². The van der Waals surface area contributed by atoms with Crippen molar-refractivity contribution >= 4 is 17.5 Å². The summed E-state index contributed by atoms with van der Waals surface area (Å²) in [6.07, 6.45) is 5.31. The summed E-state index contributed by atoms with van der Waals surface area (Å²) < 4.78 is 0. The van der Waals surface area contributed by atoms with E-state index in [1.165, 1.54) is 11.1 Å². The van der Waals surface area contributed by atoms with E-state index >= 15 is 0 Å². The first-order valence-electron chi connectivity index (χ1n) is 7.51. The van der Waals surface area contributed by atoms with Gasteiger partial charge in [0.2, 0.25) is 5.95 Å². The zero-order chi connectivity index (χ0) is 16.1. The third kappa shape index (κ3) is 4.03. The Hall–Kier alpha value is -2.95. The Bertz CT molecular complexity index is 786. The van der Waals surface area contributed by atoms with E-state index < -0.39 is 0 Å². The highest BCUT2D eigenvalue weighted by Crippen LogP contribution is 2.20. The molecule has 0 amide bonds. The van der Waals surface area contributed by atoms with Crippen molar-refractivity contribution < 1.29 is 0 Å². The first kappa shape index (κ1) is 15.0. The van der Waals surface area contributed by atoms with E-state index in [-0.39, 0.29) is 0 Å². The smallest absolute Gasteiger partial charge is 0.229 e. The maximum absolute atomic E-state index is 4.50. The molecule has 0 fully saturated rings. The lowest BCUT2D eigenvalue weighted by atomic mass is 10.1. The summed E-state index contributed by atoms with van der Waals surface area (Å²) in [5.74, 6) is 1.36. The van der Waals surface area contributed by atoms with Crippen LogP contribution in [0.3, 0.4) is 0 Å². The average Bonchev–Trinajstić information content (AvgIpc) is 2.57. The number of nitrogens with one attached hydrogen (secondary N) is 2. The van der Waals surface area contributed by atoms with Gasteiger partial charge in [0, 0.05) is 30.8 Å². The predicted octanol–water partition coefficient (Wildman–Crippen LogP) is 3.84. The van der Waals surface area contributed by atoms with Crippen LogP contribution < -0.4 is 10.6 Å². The van der Waals surface area contributed by atoms with Gasteiger partial charge in [-0.2, -0.15) is 4.98 Å². The summed E-state index contributed by atoms with van der Waals surface area (Å²) >= 11 is 0. The summed E-state index contributed by atoms with van der Waals surface area (Å²) in [5.41, 5.74) is 4.58. The summed E-state index contributed by atoms with van der Waals surface area (Å²) in [6.45, 7) is 4.85. The van der Waals surface area contributed by atoms with Gasteiger partial charge in [0.25, 0.3) is 0 Å². The largest absolute Gasteiger partial charge is 0.366 e. The Labute approximate surface area is 135 Å². The minimum absolute atomic E-state index is 0.580. The van der Waals surface area contributed by atoms with Gasteiger partial charge in [0.05, 0.1) is 0 Å². The molecule has 23 heavy (non-hydrogen) atoms. The Kier molecular flexibility index (Phi) is 4.47. The van der Waals surface area contributed by atoms with Crippen molar-refractivity contribution in [2.45, 2.75) is 20.4 Å². The minimum Gasteiger partial charge on any atom is -0.366 e. The number of pyridine rings is 1. The maximum Gasteiger partial charge on any atom is 0.229 e. The molecule has 0 aliphatic heterocycles. The van der Waals surface area contributed by atoms with Gasteiger partial charge in [-0.1, -0.05) is 17.7 Å². The molecule has 0 radical (unpaired) electrons. The van der Waals surface area contributed by atoms with Crippen LogP contribution in [0.25, 0.3) is 0 Å². The average molecular weight is 305 g/mol. The Morgan fingerprint density at radius 3 is 2.57 bits per heavy atom. The predicted molar refractivity (Wildman–Crippen MR) is 92.8 cm³/mol. The van der Waals surface area contributed by atoms with Gasteiger partial charge in [-0.05, 0) is 49.2 Å². The van der Waals surface area contributed by atoms with E-state index in [9.17, 15) is 0 Å². The van der Waals surface area contributed by atoms with Crippen LogP contribution in [0.2, 0.25) is 0 Å². The molecule has 0 bridgehead atoms. The molecule has 1 aromatic carbocycles. The number of aromatic nitrogens is 3. The molecule has 0 aliphatic carbocycles. The number of hydrogen-bond acceptors (Lipinski definition) is 5. The molecule has 5 heteroatoms. The highest BCUT2D eigenvalue weighted by molar-refractivity contribution is 5.59. The number of hydrogen-bond donors (Lipinski definition) is 2. The summed E-state index contributed by atoms with van der Waals surface area (Å²) in [6, 6.07) is 12.1. The lowest BCUT2D eigenvalue weighted by Gasteiger charge is -2.10. The summed E-state index contributed by atoms with van der Waals surface area (Å²) in [5, 5.41) is 6.56. The third-order valence-corrected chi connectivity index (χ3v) is 3.51. The lowest BCUT2D eigenvalue weighted by Crippen LogP contribution is -2.04. The molecule has 0 aliphatic rings. The normalized spacial score (nSPS) is 10.3. The summed E-state index contributed by atoms with van der Waals surface area (Å²) in [7, 11) is 0. The molecule has 0 spiro atoms. The topological polar surface area (TPSA) is 62.7 Å². The van der Waals surface area contributed by atoms with Crippen LogP contribution >= 0.6 is 0 Å². The van der Waals surface area contributed by atoms with Gasteiger partial charge in [-0.15, -0.1) is 0 Å². The zero-order valence-electron chi connectivity index (χ0n) is 13.2. The summed E-state index contributed by atoms with van der Waals surface area (Å²) in [4.78, 5) is 12.8. The fourth-order valence-electron chi connectivity index (χ4n) is 2.28.